The normalized spacial score (nSPS) is 42.0. The average Bonchev–Trinajstić information content (AvgIpc) is 2.61. The summed E-state index contributed by atoms with van der Waals surface area (Å²) in [5, 5.41) is 14.3. The van der Waals surface area contributed by atoms with Crippen molar-refractivity contribution < 1.29 is 5.11 Å². The Morgan fingerprint density at radius 2 is 2.15 bits per heavy atom. The highest BCUT2D eigenvalue weighted by atomic mass is 32.1. The van der Waals surface area contributed by atoms with E-state index in [9.17, 15) is 5.11 Å². The third-order valence-corrected chi connectivity index (χ3v) is 4.52. The lowest BCUT2D eigenvalue weighted by Crippen LogP contribution is -2.12. The van der Waals surface area contributed by atoms with Crippen molar-refractivity contribution in [1.82, 2.24) is 9.59 Å². The lowest BCUT2D eigenvalue weighted by atomic mass is 10.1. The van der Waals surface area contributed by atoms with Crippen molar-refractivity contribution >= 4 is 11.5 Å². The molecule has 3 nitrogen and oxygen atoms in total. The van der Waals surface area contributed by atoms with Gasteiger partial charge < -0.3 is 5.11 Å². The number of nitrogens with zero attached hydrogens (tertiary/aromatic N) is 2. The molecule has 2 aliphatic rings. The van der Waals surface area contributed by atoms with E-state index in [1.54, 1.807) is 0 Å². The SMILES string of the molecule is Cc1nnsc1C1(O)C2CCCC21. The number of aromatic nitrogens is 2. The maximum absolute atomic E-state index is 10.4. The molecule has 2 fully saturated rings. The Hall–Kier alpha value is -0.480. The Kier molecular flexibility index (Phi) is 1.40. The van der Waals surface area contributed by atoms with Crippen LogP contribution in [-0.4, -0.2) is 14.7 Å². The molecule has 1 aromatic rings. The van der Waals surface area contributed by atoms with Crippen LogP contribution in [0.5, 0.6) is 0 Å². The standard InChI is InChI=1S/C9H12N2OS/c1-5-8(13-11-10-5)9(12)6-3-2-4-7(6)9/h6-7,12H,2-4H2,1H3. The number of hydrogen-bond donors (Lipinski definition) is 1. The van der Waals surface area contributed by atoms with Gasteiger partial charge in [-0.1, -0.05) is 10.9 Å². The Labute approximate surface area is 81.0 Å². The number of aliphatic hydroxyl groups is 1. The number of rotatable bonds is 1. The molecule has 0 saturated heterocycles. The van der Waals surface area contributed by atoms with Crippen molar-refractivity contribution in [2.75, 3.05) is 0 Å². The summed E-state index contributed by atoms with van der Waals surface area (Å²) >= 11 is 1.36. The van der Waals surface area contributed by atoms with Crippen molar-refractivity contribution in [3.63, 3.8) is 0 Å². The molecule has 0 amide bonds. The molecule has 2 atom stereocenters. The largest absolute Gasteiger partial charge is 0.384 e. The summed E-state index contributed by atoms with van der Waals surface area (Å²) in [6.45, 7) is 1.94. The van der Waals surface area contributed by atoms with Crippen molar-refractivity contribution in [3.8, 4) is 0 Å². The van der Waals surface area contributed by atoms with E-state index >= 15 is 0 Å². The minimum Gasteiger partial charge on any atom is -0.384 e. The van der Waals surface area contributed by atoms with Gasteiger partial charge in [0.2, 0.25) is 0 Å². The summed E-state index contributed by atoms with van der Waals surface area (Å²) < 4.78 is 3.89. The Morgan fingerprint density at radius 1 is 1.46 bits per heavy atom. The molecule has 3 rings (SSSR count). The summed E-state index contributed by atoms with van der Waals surface area (Å²) in [5.74, 6) is 1.02. The zero-order valence-electron chi connectivity index (χ0n) is 7.53. The van der Waals surface area contributed by atoms with Crippen LogP contribution in [0.15, 0.2) is 0 Å². The van der Waals surface area contributed by atoms with Crippen LogP contribution in [0.4, 0.5) is 0 Å². The Bertz CT molecular complexity index is 339. The lowest BCUT2D eigenvalue weighted by molar-refractivity contribution is 0.108. The van der Waals surface area contributed by atoms with Crippen molar-refractivity contribution in [2.45, 2.75) is 31.8 Å². The van der Waals surface area contributed by atoms with E-state index in [1.807, 2.05) is 6.92 Å². The van der Waals surface area contributed by atoms with E-state index in [0.29, 0.717) is 11.8 Å². The third-order valence-electron chi connectivity index (χ3n) is 3.55. The number of fused-ring (bicyclic) bond motifs is 1. The van der Waals surface area contributed by atoms with Gasteiger partial charge in [-0.05, 0) is 43.1 Å². The van der Waals surface area contributed by atoms with E-state index in [4.69, 9.17) is 0 Å². The first kappa shape index (κ1) is 7.88. The molecule has 0 bridgehead atoms. The second kappa shape index (κ2) is 2.30. The highest BCUT2D eigenvalue weighted by molar-refractivity contribution is 7.05. The molecule has 1 heterocycles. The molecule has 0 aromatic carbocycles. The number of aryl methyl sites for hydroxylation is 1. The highest BCUT2D eigenvalue weighted by Gasteiger charge is 2.67. The van der Waals surface area contributed by atoms with Crippen LogP contribution in [0, 0.1) is 18.8 Å². The summed E-state index contributed by atoms with van der Waals surface area (Å²) in [4.78, 5) is 1.02. The van der Waals surface area contributed by atoms with E-state index in [2.05, 4.69) is 9.59 Å². The lowest BCUT2D eigenvalue weighted by Gasteiger charge is -2.11. The minimum absolute atomic E-state index is 0.508. The van der Waals surface area contributed by atoms with Crippen LogP contribution in [-0.2, 0) is 5.60 Å². The van der Waals surface area contributed by atoms with Crippen LogP contribution >= 0.6 is 11.5 Å². The van der Waals surface area contributed by atoms with E-state index in [1.165, 1.54) is 30.8 Å². The molecule has 0 radical (unpaired) electrons. The Morgan fingerprint density at radius 3 is 2.69 bits per heavy atom. The van der Waals surface area contributed by atoms with Gasteiger partial charge in [-0.3, -0.25) is 0 Å². The van der Waals surface area contributed by atoms with Crippen LogP contribution in [0.3, 0.4) is 0 Å². The van der Waals surface area contributed by atoms with Crippen molar-refractivity contribution in [2.24, 2.45) is 11.8 Å². The molecule has 1 N–H and O–H groups in total. The van der Waals surface area contributed by atoms with E-state index in [-0.39, 0.29) is 0 Å². The quantitative estimate of drug-likeness (QED) is 0.739. The fraction of sp³-hybridized carbons (Fsp3) is 0.778. The first-order valence-corrected chi connectivity index (χ1v) is 5.53. The van der Waals surface area contributed by atoms with Gasteiger partial charge in [0.15, 0.2) is 0 Å². The first-order valence-electron chi connectivity index (χ1n) is 4.76. The third kappa shape index (κ3) is 0.828. The van der Waals surface area contributed by atoms with Gasteiger partial charge in [0.25, 0.3) is 0 Å². The van der Waals surface area contributed by atoms with Gasteiger partial charge in [0.1, 0.15) is 5.60 Å². The molecule has 2 unspecified atom stereocenters. The maximum atomic E-state index is 10.4. The molecule has 2 saturated carbocycles. The second-order valence-electron chi connectivity index (χ2n) is 4.16. The molecule has 13 heavy (non-hydrogen) atoms. The van der Waals surface area contributed by atoms with Crippen LogP contribution in [0.25, 0.3) is 0 Å². The summed E-state index contributed by atoms with van der Waals surface area (Å²) in [6, 6.07) is 0. The molecule has 4 heteroatoms. The molecule has 2 aliphatic carbocycles. The molecule has 0 aliphatic heterocycles. The average molecular weight is 196 g/mol. The Balaban J connectivity index is 1.99. The molecule has 1 aromatic heterocycles. The van der Waals surface area contributed by atoms with Gasteiger partial charge in [0, 0.05) is 0 Å². The monoisotopic (exact) mass is 196 g/mol. The van der Waals surface area contributed by atoms with Gasteiger partial charge in [-0.2, -0.15) is 0 Å². The predicted molar refractivity (Wildman–Crippen MR) is 49.4 cm³/mol. The topological polar surface area (TPSA) is 46.0 Å². The molecule has 70 valence electrons. The zero-order valence-corrected chi connectivity index (χ0v) is 8.34. The molecular formula is C9H12N2OS. The minimum atomic E-state index is -0.531. The predicted octanol–water partition coefficient (Wildman–Crippen LogP) is 1.46. The maximum Gasteiger partial charge on any atom is 0.109 e. The fourth-order valence-corrected chi connectivity index (χ4v) is 3.72. The van der Waals surface area contributed by atoms with Crippen molar-refractivity contribution in [1.29, 1.82) is 0 Å². The van der Waals surface area contributed by atoms with E-state index < -0.39 is 5.60 Å². The van der Waals surface area contributed by atoms with Crippen LogP contribution in [0.1, 0.15) is 29.8 Å². The van der Waals surface area contributed by atoms with Crippen molar-refractivity contribution in [3.05, 3.63) is 10.6 Å². The fourth-order valence-electron chi connectivity index (χ4n) is 2.86. The van der Waals surface area contributed by atoms with Gasteiger partial charge in [0.05, 0.1) is 10.6 Å². The van der Waals surface area contributed by atoms with Gasteiger partial charge in [-0.15, -0.1) is 5.10 Å². The first-order chi connectivity index (χ1) is 6.24. The molecular weight excluding hydrogens is 184 g/mol. The zero-order chi connectivity index (χ0) is 9.05. The molecule has 0 spiro atoms. The summed E-state index contributed by atoms with van der Waals surface area (Å²) in [7, 11) is 0. The van der Waals surface area contributed by atoms with Crippen LogP contribution in [0.2, 0.25) is 0 Å². The number of hydrogen-bond acceptors (Lipinski definition) is 4. The van der Waals surface area contributed by atoms with Crippen LogP contribution < -0.4 is 0 Å². The second-order valence-corrected chi connectivity index (χ2v) is 4.91. The highest BCUT2D eigenvalue weighted by Crippen LogP contribution is 2.67. The van der Waals surface area contributed by atoms with Gasteiger partial charge >= 0.3 is 0 Å². The van der Waals surface area contributed by atoms with E-state index in [0.717, 1.165) is 10.6 Å². The van der Waals surface area contributed by atoms with Gasteiger partial charge in [-0.25, -0.2) is 0 Å². The smallest absolute Gasteiger partial charge is 0.109 e. The summed E-state index contributed by atoms with van der Waals surface area (Å²) in [5.41, 5.74) is 0.387. The summed E-state index contributed by atoms with van der Waals surface area (Å²) in [6.07, 6.45) is 3.64.